The van der Waals surface area contributed by atoms with E-state index >= 15 is 0 Å². The first kappa shape index (κ1) is 24.2. The quantitative estimate of drug-likeness (QED) is 0.232. The highest BCUT2D eigenvalue weighted by molar-refractivity contribution is 14.0. The SMILES string of the molecule is CN=C(NCCCSC)NC1CCN(Cc2cc(OC)cc(OC)c2)C1.I. The lowest BCUT2D eigenvalue weighted by Crippen LogP contribution is -2.44. The number of hydrogen-bond donors (Lipinski definition) is 2. The third kappa shape index (κ3) is 8.35. The molecule has 1 aromatic rings. The van der Waals surface area contributed by atoms with Crippen molar-refractivity contribution in [2.75, 3.05) is 52.9 Å². The van der Waals surface area contributed by atoms with Crippen LogP contribution in [0, 0.1) is 0 Å². The third-order valence-electron chi connectivity index (χ3n) is 4.47. The van der Waals surface area contributed by atoms with Crippen molar-refractivity contribution in [3.05, 3.63) is 23.8 Å². The van der Waals surface area contributed by atoms with Gasteiger partial charge in [-0.1, -0.05) is 0 Å². The summed E-state index contributed by atoms with van der Waals surface area (Å²) in [5.41, 5.74) is 1.21. The molecule has 154 valence electrons. The number of likely N-dealkylation sites (tertiary alicyclic amines) is 1. The highest BCUT2D eigenvalue weighted by atomic mass is 127. The molecular formula is C19H33IN4O2S. The summed E-state index contributed by atoms with van der Waals surface area (Å²) in [4.78, 5) is 6.79. The van der Waals surface area contributed by atoms with Gasteiger partial charge in [0.05, 0.1) is 14.2 Å². The summed E-state index contributed by atoms with van der Waals surface area (Å²) < 4.78 is 10.7. The summed E-state index contributed by atoms with van der Waals surface area (Å²) in [6, 6.07) is 6.49. The second-order valence-corrected chi connectivity index (χ2v) is 7.42. The molecule has 0 amide bonds. The van der Waals surface area contributed by atoms with E-state index in [2.05, 4.69) is 38.9 Å². The number of thioether (sulfide) groups is 1. The Labute approximate surface area is 184 Å². The average Bonchev–Trinajstić information content (AvgIpc) is 3.10. The zero-order valence-electron chi connectivity index (χ0n) is 16.8. The summed E-state index contributed by atoms with van der Waals surface area (Å²) in [7, 11) is 5.21. The topological polar surface area (TPSA) is 58.1 Å². The Balaban J connectivity index is 0.00000364. The standard InChI is InChI=1S/C19H32N4O2S.HI/c1-20-19(21-7-5-9-26-4)22-16-6-8-23(14-16)13-15-10-17(24-2)12-18(11-15)25-3;/h10-12,16H,5-9,13-14H2,1-4H3,(H2,20,21,22);1H. The molecule has 0 aliphatic carbocycles. The minimum Gasteiger partial charge on any atom is -0.497 e. The average molecular weight is 508 g/mol. The minimum atomic E-state index is 0. The van der Waals surface area contributed by atoms with E-state index < -0.39 is 0 Å². The number of ether oxygens (including phenoxy) is 2. The Morgan fingerprint density at radius 1 is 1.26 bits per heavy atom. The van der Waals surface area contributed by atoms with E-state index in [9.17, 15) is 0 Å². The first-order valence-corrected chi connectivity index (χ1v) is 10.5. The molecular weight excluding hydrogens is 475 g/mol. The fourth-order valence-corrected chi connectivity index (χ4v) is 3.55. The van der Waals surface area contributed by atoms with E-state index in [1.165, 1.54) is 11.3 Å². The molecule has 0 saturated carbocycles. The van der Waals surface area contributed by atoms with E-state index in [0.29, 0.717) is 6.04 Å². The summed E-state index contributed by atoms with van der Waals surface area (Å²) in [6.07, 6.45) is 4.40. The highest BCUT2D eigenvalue weighted by Crippen LogP contribution is 2.24. The lowest BCUT2D eigenvalue weighted by molar-refractivity contribution is 0.321. The van der Waals surface area contributed by atoms with Gasteiger partial charge in [0.25, 0.3) is 0 Å². The van der Waals surface area contributed by atoms with Crippen LogP contribution in [0.15, 0.2) is 23.2 Å². The molecule has 2 rings (SSSR count). The van der Waals surface area contributed by atoms with Crippen molar-refractivity contribution in [2.24, 2.45) is 4.99 Å². The number of nitrogens with one attached hydrogen (secondary N) is 2. The number of aliphatic imine (C=N–C) groups is 1. The molecule has 27 heavy (non-hydrogen) atoms. The van der Waals surface area contributed by atoms with E-state index in [1.54, 1.807) is 14.2 Å². The first-order chi connectivity index (χ1) is 12.7. The van der Waals surface area contributed by atoms with Gasteiger partial charge in [0.1, 0.15) is 11.5 Å². The predicted molar refractivity (Wildman–Crippen MR) is 126 cm³/mol. The van der Waals surface area contributed by atoms with Crippen LogP contribution in [0.3, 0.4) is 0 Å². The Morgan fingerprint density at radius 2 is 1.96 bits per heavy atom. The molecule has 1 fully saturated rings. The first-order valence-electron chi connectivity index (χ1n) is 9.09. The fraction of sp³-hybridized carbons (Fsp3) is 0.632. The van der Waals surface area contributed by atoms with Gasteiger partial charge in [-0.2, -0.15) is 11.8 Å². The van der Waals surface area contributed by atoms with Gasteiger partial charge < -0.3 is 20.1 Å². The zero-order chi connectivity index (χ0) is 18.8. The number of rotatable bonds is 9. The molecule has 1 heterocycles. The monoisotopic (exact) mass is 508 g/mol. The van der Waals surface area contributed by atoms with Crippen molar-refractivity contribution in [1.29, 1.82) is 0 Å². The van der Waals surface area contributed by atoms with Crippen LogP contribution < -0.4 is 20.1 Å². The summed E-state index contributed by atoms with van der Waals surface area (Å²) in [5, 5.41) is 6.94. The van der Waals surface area contributed by atoms with E-state index in [0.717, 1.165) is 56.5 Å². The maximum atomic E-state index is 5.37. The smallest absolute Gasteiger partial charge is 0.191 e. The van der Waals surface area contributed by atoms with Gasteiger partial charge in [0, 0.05) is 45.3 Å². The number of benzene rings is 1. The van der Waals surface area contributed by atoms with E-state index in [4.69, 9.17) is 9.47 Å². The number of methoxy groups -OCH3 is 2. The van der Waals surface area contributed by atoms with Crippen molar-refractivity contribution in [2.45, 2.75) is 25.4 Å². The van der Waals surface area contributed by atoms with Crippen molar-refractivity contribution in [1.82, 2.24) is 15.5 Å². The van der Waals surface area contributed by atoms with Gasteiger partial charge >= 0.3 is 0 Å². The molecule has 0 radical (unpaired) electrons. The molecule has 1 unspecified atom stereocenters. The van der Waals surface area contributed by atoms with Crippen molar-refractivity contribution in [3.8, 4) is 11.5 Å². The van der Waals surface area contributed by atoms with Gasteiger partial charge in [0.2, 0.25) is 0 Å². The molecule has 0 spiro atoms. The van der Waals surface area contributed by atoms with Crippen molar-refractivity contribution in [3.63, 3.8) is 0 Å². The van der Waals surface area contributed by atoms with Crippen LogP contribution in [0.5, 0.6) is 11.5 Å². The minimum absolute atomic E-state index is 0. The zero-order valence-corrected chi connectivity index (χ0v) is 19.9. The van der Waals surface area contributed by atoms with Crippen LogP contribution >= 0.6 is 35.7 Å². The molecule has 6 nitrogen and oxygen atoms in total. The lowest BCUT2D eigenvalue weighted by atomic mass is 10.2. The normalized spacial score (nSPS) is 17.3. The Bertz CT molecular complexity index is 567. The van der Waals surface area contributed by atoms with Gasteiger partial charge in [-0.25, -0.2) is 0 Å². The fourth-order valence-electron chi connectivity index (χ4n) is 3.12. The van der Waals surface area contributed by atoms with Crippen LogP contribution in [0.1, 0.15) is 18.4 Å². The van der Waals surface area contributed by atoms with E-state index in [1.807, 2.05) is 24.9 Å². The van der Waals surface area contributed by atoms with Crippen LogP contribution in [0.25, 0.3) is 0 Å². The summed E-state index contributed by atoms with van der Waals surface area (Å²) in [6.45, 7) is 3.93. The molecule has 2 N–H and O–H groups in total. The molecule has 8 heteroatoms. The number of halogens is 1. The van der Waals surface area contributed by atoms with E-state index in [-0.39, 0.29) is 24.0 Å². The molecule has 1 aliphatic heterocycles. The molecule has 1 atom stereocenters. The number of nitrogens with zero attached hydrogens (tertiary/aromatic N) is 2. The summed E-state index contributed by atoms with van der Waals surface area (Å²) >= 11 is 1.88. The van der Waals surface area contributed by atoms with Crippen LogP contribution in [0.2, 0.25) is 0 Å². The Hall–Kier alpha value is -0.870. The predicted octanol–water partition coefficient (Wildman–Crippen LogP) is 2.81. The second kappa shape index (κ2) is 13.3. The maximum Gasteiger partial charge on any atom is 0.191 e. The van der Waals surface area contributed by atoms with Gasteiger partial charge in [-0.3, -0.25) is 9.89 Å². The Morgan fingerprint density at radius 3 is 2.56 bits per heavy atom. The number of hydrogen-bond acceptors (Lipinski definition) is 5. The second-order valence-electron chi connectivity index (χ2n) is 6.43. The van der Waals surface area contributed by atoms with Crippen LogP contribution in [-0.4, -0.2) is 69.8 Å². The molecule has 1 saturated heterocycles. The van der Waals surface area contributed by atoms with Gasteiger partial charge in [-0.05, 0) is 42.5 Å². The van der Waals surface area contributed by atoms with Crippen molar-refractivity contribution >= 4 is 41.7 Å². The number of guanidine groups is 1. The van der Waals surface area contributed by atoms with Gasteiger partial charge in [0.15, 0.2) is 5.96 Å². The molecule has 1 aliphatic rings. The summed E-state index contributed by atoms with van der Waals surface area (Å²) in [5.74, 6) is 3.75. The third-order valence-corrected chi connectivity index (χ3v) is 5.17. The maximum absolute atomic E-state index is 5.37. The van der Waals surface area contributed by atoms with Crippen LogP contribution in [-0.2, 0) is 6.54 Å². The van der Waals surface area contributed by atoms with Crippen molar-refractivity contribution < 1.29 is 9.47 Å². The van der Waals surface area contributed by atoms with Crippen LogP contribution in [0.4, 0.5) is 0 Å². The molecule has 0 bridgehead atoms. The highest BCUT2D eigenvalue weighted by Gasteiger charge is 2.23. The largest absolute Gasteiger partial charge is 0.497 e. The Kier molecular flexibility index (Phi) is 11.9. The van der Waals surface area contributed by atoms with Gasteiger partial charge in [-0.15, -0.1) is 24.0 Å². The molecule has 1 aromatic carbocycles. The lowest BCUT2D eigenvalue weighted by Gasteiger charge is -2.19. The molecule has 0 aromatic heterocycles.